The molecule has 27 heavy (non-hydrogen) atoms. The summed E-state index contributed by atoms with van der Waals surface area (Å²) >= 11 is 1.31. The van der Waals surface area contributed by atoms with Crippen molar-refractivity contribution in [3.8, 4) is 16.2 Å². The van der Waals surface area contributed by atoms with E-state index in [1.807, 2.05) is 43.3 Å². The molecule has 0 aliphatic carbocycles. The minimum Gasteiger partial charge on any atom is -0.492 e. The Labute approximate surface area is 161 Å². The van der Waals surface area contributed by atoms with Gasteiger partial charge < -0.3 is 9.15 Å². The topological polar surface area (TPSA) is 80.6 Å². The molecule has 2 aromatic heterocycles. The molecule has 0 unspecified atom stereocenters. The summed E-state index contributed by atoms with van der Waals surface area (Å²) in [5.74, 6) is 0.751. The number of aryl methyl sites for hydroxylation is 2. The smallest absolute Gasteiger partial charge is 0.283 e. The first-order chi connectivity index (χ1) is 13.0. The number of hydrazine groups is 1. The summed E-state index contributed by atoms with van der Waals surface area (Å²) in [6.45, 7) is 5.74. The van der Waals surface area contributed by atoms with Crippen LogP contribution in [-0.2, 0) is 0 Å². The fourth-order valence-electron chi connectivity index (χ4n) is 2.63. The predicted octanol–water partition coefficient (Wildman–Crippen LogP) is 4.10. The van der Waals surface area contributed by atoms with Crippen molar-refractivity contribution in [2.24, 2.45) is 0 Å². The second kappa shape index (κ2) is 8.09. The van der Waals surface area contributed by atoms with E-state index in [0.29, 0.717) is 34.3 Å². The maximum atomic E-state index is 12.6. The maximum Gasteiger partial charge on any atom is 0.283 e. The third-order valence-electron chi connectivity index (χ3n) is 3.84. The number of furan rings is 1. The molecule has 0 fully saturated rings. The zero-order chi connectivity index (χ0) is 19.4. The van der Waals surface area contributed by atoms with Crippen LogP contribution in [0, 0.1) is 13.8 Å². The van der Waals surface area contributed by atoms with Gasteiger partial charge in [0.1, 0.15) is 22.1 Å². The minimum absolute atomic E-state index is 0.383. The Balaban J connectivity index is 1.76. The molecule has 0 atom stereocenters. The number of carbonyl (C=O) groups excluding carboxylic acids is 2. The van der Waals surface area contributed by atoms with Crippen LogP contribution < -0.4 is 15.6 Å². The van der Waals surface area contributed by atoms with Gasteiger partial charge in [-0.3, -0.25) is 20.4 Å². The van der Waals surface area contributed by atoms with Gasteiger partial charge >= 0.3 is 0 Å². The number of thiophene rings is 1. The molecule has 0 radical (unpaired) electrons. The summed E-state index contributed by atoms with van der Waals surface area (Å²) in [5.41, 5.74) is 6.25. The van der Waals surface area contributed by atoms with Crippen molar-refractivity contribution in [3.05, 3.63) is 64.4 Å². The number of hydrogen-bond donors (Lipinski definition) is 2. The van der Waals surface area contributed by atoms with E-state index in [9.17, 15) is 9.59 Å². The van der Waals surface area contributed by atoms with Gasteiger partial charge in [0.15, 0.2) is 0 Å². The number of ether oxygens (including phenoxy) is 1. The van der Waals surface area contributed by atoms with Crippen LogP contribution in [0.2, 0.25) is 0 Å². The summed E-state index contributed by atoms with van der Waals surface area (Å²) in [4.78, 5) is 26.1. The highest BCUT2D eigenvalue weighted by Gasteiger charge is 2.20. The van der Waals surface area contributed by atoms with Crippen molar-refractivity contribution in [1.29, 1.82) is 0 Å². The van der Waals surface area contributed by atoms with Gasteiger partial charge in [0, 0.05) is 4.88 Å². The first-order valence-electron chi connectivity index (χ1n) is 8.49. The third kappa shape index (κ3) is 4.20. The zero-order valence-electron chi connectivity index (χ0n) is 15.3. The van der Waals surface area contributed by atoms with Crippen molar-refractivity contribution >= 4 is 23.2 Å². The fourth-order valence-corrected chi connectivity index (χ4v) is 3.64. The molecular formula is C20H20N2O4S. The third-order valence-corrected chi connectivity index (χ3v) is 5.00. The SMILES string of the molecule is CCOc1cc(-c2ccccc2)sc1C(=O)NNC(=O)c1cc(C)oc1C. The van der Waals surface area contributed by atoms with Crippen LogP contribution in [0.25, 0.3) is 10.4 Å². The van der Waals surface area contributed by atoms with Crippen LogP contribution >= 0.6 is 11.3 Å². The number of benzene rings is 1. The number of nitrogens with one attached hydrogen (secondary N) is 2. The average molecular weight is 384 g/mol. The molecule has 0 spiro atoms. The highest BCUT2D eigenvalue weighted by molar-refractivity contribution is 7.17. The van der Waals surface area contributed by atoms with Crippen LogP contribution in [0.1, 0.15) is 38.5 Å². The van der Waals surface area contributed by atoms with Crippen LogP contribution in [0.15, 0.2) is 46.9 Å². The Hall–Kier alpha value is -3.06. The van der Waals surface area contributed by atoms with Crippen molar-refractivity contribution in [3.63, 3.8) is 0 Å². The Morgan fingerprint density at radius 1 is 1.07 bits per heavy atom. The van der Waals surface area contributed by atoms with Gasteiger partial charge in [0.2, 0.25) is 0 Å². The van der Waals surface area contributed by atoms with Gasteiger partial charge in [-0.25, -0.2) is 0 Å². The van der Waals surface area contributed by atoms with Gasteiger partial charge in [-0.15, -0.1) is 11.3 Å². The van der Waals surface area contributed by atoms with E-state index in [0.717, 1.165) is 10.4 Å². The lowest BCUT2D eigenvalue weighted by Gasteiger charge is -2.07. The lowest BCUT2D eigenvalue weighted by molar-refractivity contribution is 0.0846. The first-order valence-corrected chi connectivity index (χ1v) is 9.31. The largest absolute Gasteiger partial charge is 0.492 e. The average Bonchev–Trinajstić information content (AvgIpc) is 3.23. The Kier molecular flexibility index (Phi) is 5.61. The Morgan fingerprint density at radius 3 is 2.41 bits per heavy atom. The number of hydrogen-bond acceptors (Lipinski definition) is 5. The van der Waals surface area contributed by atoms with Crippen molar-refractivity contribution in [1.82, 2.24) is 10.9 Å². The van der Waals surface area contributed by atoms with Gasteiger partial charge in [-0.05, 0) is 38.5 Å². The van der Waals surface area contributed by atoms with Crippen LogP contribution in [0.5, 0.6) is 5.75 Å². The Morgan fingerprint density at radius 2 is 1.78 bits per heavy atom. The molecule has 1 aromatic carbocycles. The van der Waals surface area contributed by atoms with Crippen molar-refractivity contribution in [2.75, 3.05) is 6.61 Å². The summed E-state index contributed by atoms with van der Waals surface area (Å²) in [7, 11) is 0. The fraction of sp³-hybridized carbons (Fsp3) is 0.200. The highest BCUT2D eigenvalue weighted by atomic mass is 32.1. The molecule has 6 nitrogen and oxygen atoms in total. The molecular weight excluding hydrogens is 364 g/mol. The number of carbonyl (C=O) groups is 2. The lowest BCUT2D eigenvalue weighted by Crippen LogP contribution is -2.41. The van der Waals surface area contributed by atoms with Gasteiger partial charge in [0.25, 0.3) is 11.8 Å². The van der Waals surface area contributed by atoms with Crippen molar-refractivity contribution in [2.45, 2.75) is 20.8 Å². The molecule has 3 aromatic rings. The minimum atomic E-state index is -0.435. The van der Waals surface area contributed by atoms with Crippen molar-refractivity contribution < 1.29 is 18.7 Å². The van der Waals surface area contributed by atoms with E-state index >= 15 is 0 Å². The molecule has 0 saturated carbocycles. The summed E-state index contributed by atoms with van der Waals surface area (Å²) in [6.07, 6.45) is 0. The van der Waals surface area contributed by atoms with E-state index in [1.54, 1.807) is 19.9 Å². The van der Waals surface area contributed by atoms with E-state index in [2.05, 4.69) is 10.9 Å². The monoisotopic (exact) mass is 384 g/mol. The van der Waals surface area contributed by atoms with Crippen LogP contribution in [-0.4, -0.2) is 18.4 Å². The lowest BCUT2D eigenvalue weighted by atomic mass is 10.2. The molecule has 2 amide bonds. The van der Waals surface area contributed by atoms with Gasteiger partial charge in [-0.1, -0.05) is 30.3 Å². The number of rotatable bonds is 5. The zero-order valence-corrected chi connectivity index (χ0v) is 16.1. The van der Waals surface area contributed by atoms with E-state index in [4.69, 9.17) is 9.15 Å². The molecule has 0 aliphatic heterocycles. The second-order valence-electron chi connectivity index (χ2n) is 5.84. The summed E-state index contributed by atoms with van der Waals surface area (Å²) in [6, 6.07) is 13.2. The molecule has 3 rings (SSSR count). The standard InChI is InChI=1S/C20H20N2O4S/c1-4-25-16-11-17(14-8-6-5-7-9-14)27-18(16)20(24)22-21-19(23)15-10-12(2)26-13(15)3/h5-11H,4H2,1-3H3,(H,21,23)(H,22,24). The second-order valence-corrected chi connectivity index (χ2v) is 6.89. The number of amides is 2. The highest BCUT2D eigenvalue weighted by Crippen LogP contribution is 2.36. The van der Waals surface area contributed by atoms with Gasteiger partial charge in [0.05, 0.1) is 12.2 Å². The van der Waals surface area contributed by atoms with Crippen LogP contribution in [0.3, 0.4) is 0 Å². The molecule has 7 heteroatoms. The first kappa shape index (κ1) is 18.7. The van der Waals surface area contributed by atoms with E-state index < -0.39 is 11.8 Å². The summed E-state index contributed by atoms with van der Waals surface area (Å²) in [5, 5.41) is 0. The molecule has 0 aliphatic rings. The molecule has 0 bridgehead atoms. The van der Waals surface area contributed by atoms with Gasteiger partial charge in [-0.2, -0.15) is 0 Å². The summed E-state index contributed by atoms with van der Waals surface area (Å²) < 4.78 is 10.9. The maximum absolute atomic E-state index is 12.6. The molecule has 0 saturated heterocycles. The van der Waals surface area contributed by atoms with E-state index in [1.165, 1.54) is 11.3 Å². The van der Waals surface area contributed by atoms with E-state index in [-0.39, 0.29) is 0 Å². The molecule has 2 N–H and O–H groups in total. The normalized spacial score (nSPS) is 10.5. The predicted molar refractivity (Wildman–Crippen MR) is 104 cm³/mol. The van der Waals surface area contributed by atoms with Crippen LogP contribution in [0.4, 0.5) is 0 Å². The molecule has 2 heterocycles. The molecule has 140 valence electrons. The quantitative estimate of drug-likeness (QED) is 0.649. The Bertz CT molecular complexity index is 960.